The van der Waals surface area contributed by atoms with Crippen molar-refractivity contribution in [3.05, 3.63) is 35.9 Å². The molecule has 1 atom stereocenters. The van der Waals surface area contributed by atoms with Crippen LogP contribution < -0.4 is 5.32 Å². The fraction of sp³-hybridized carbons (Fsp3) is 0.538. The molecule has 0 amide bonds. The van der Waals surface area contributed by atoms with E-state index in [0.29, 0.717) is 12.0 Å². The van der Waals surface area contributed by atoms with Gasteiger partial charge in [0.25, 0.3) is 0 Å². The van der Waals surface area contributed by atoms with Gasteiger partial charge < -0.3 is 10.1 Å². The number of nitrogens with one attached hydrogen (secondary N) is 1. The lowest BCUT2D eigenvalue weighted by Crippen LogP contribution is -2.29. The smallest absolute Gasteiger partial charge is 0.0543 e. The van der Waals surface area contributed by atoms with Crippen LogP contribution in [0.4, 0.5) is 0 Å². The van der Waals surface area contributed by atoms with Crippen LogP contribution in [0.5, 0.6) is 0 Å². The SMILES string of the molecule is COCC(CNC(C)C)c1ccccc1. The molecule has 1 aromatic rings. The summed E-state index contributed by atoms with van der Waals surface area (Å²) in [6.07, 6.45) is 0. The van der Waals surface area contributed by atoms with Crippen molar-refractivity contribution in [1.29, 1.82) is 0 Å². The van der Waals surface area contributed by atoms with Gasteiger partial charge in [-0.15, -0.1) is 0 Å². The van der Waals surface area contributed by atoms with Crippen molar-refractivity contribution in [2.75, 3.05) is 20.3 Å². The van der Waals surface area contributed by atoms with Crippen LogP contribution in [-0.4, -0.2) is 26.3 Å². The van der Waals surface area contributed by atoms with Gasteiger partial charge in [0.05, 0.1) is 6.61 Å². The first kappa shape index (κ1) is 12.2. The van der Waals surface area contributed by atoms with Gasteiger partial charge in [-0.3, -0.25) is 0 Å². The molecule has 0 aliphatic rings. The molecule has 1 N–H and O–H groups in total. The minimum absolute atomic E-state index is 0.443. The zero-order valence-corrected chi connectivity index (χ0v) is 9.86. The summed E-state index contributed by atoms with van der Waals surface area (Å²) in [5.41, 5.74) is 1.34. The highest BCUT2D eigenvalue weighted by Gasteiger charge is 2.10. The van der Waals surface area contributed by atoms with Gasteiger partial charge in [-0.2, -0.15) is 0 Å². The summed E-state index contributed by atoms with van der Waals surface area (Å²) >= 11 is 0. The van der Waals surface area contributed by atoms with Crippen LogP contribution in [0, 0.1) is 0 Å². The molecule has 0 heterocycles. The first-order valence-corrected chi connectivity index (χ1v) is 5.51. The minimum Gasteiger partial charge on any atom is -0.384 e. The van der Waals surface area contributed by atoms with E-state index in [1.807, 2.05) is 6.07 Å². The molecule has 0 fully saturated rings. The molecule has 0 saturated heterocycles. The largest absolute Gasteiger partial charge is 0.384 e. The highest BCUT2D eigenvalue weighted by Crippen LogP contribution is 2.14. The Morgan fingerprint density at radius 2 is 1.87 bits per heavy atom. The monoisotopic (exact) mass is 207 g/mol. The molecule has 0 bridgehead atoms. The number of hydrogen-bond acceptors (Lipinski definition) is 2. The van der Waals surface area contributed by atoms with E-state index in [1.165, 1.54) is 5.56 Å². The van der Waals surface area contributed by atoms with Gasteiger partial charge >= 0.3 is 0 Å². The predicted molar refractivity (Wildman–Crippen MR) is 64.2 cm³/mol. The van der Waals surface area contributed by atoms with Crippen LogP contribution in [0.3, 0.4) is 0 Å². The van der Waals surface area contributed by atoms with Gasteiger partial charge in [-0.05, 0) is 5.56 Å². The highest BCUT2D eigenvalue weighted by atomic mass is 16.5. The van der Waals surface area contributed by atoms with E-state index in [2.05, 4.69) is 43.4 Å². The maximum atomic E-state index is 5.25. The third kappa shape index (κ3) is 4.45. The van der Waals surface area contributed by atoms with Crippen molar-refractivity contribution in [3.8, 4) is 0 Å². The van der Waals surface area contributed by atoms with Crippen molar-refractivity contribution in [1.82, 2.24) is 5.32 Å². The molecule has 15 heavy (non-hydrogen) atoms. The number of benzene rings is 1. The van der Waals surface area contributed by atoms with E-state index in [9.17, 15) is 0 Å². The Morgan fingerprint density at radius 3 is 2.40 bits per heavy atom. The first-order chi connectivity index (χ1) is 7.24. The van der Waals surface area contributed by atoms with Crippen LogP contribution >= 0.6 is 0 Å². The van der Waals surface area contributed by atoms with E-state index < -0.39 is 0 Å². The van der Waals surface area contributed by atoms with Gasteiger partial charge in [-0.25, -0.2) is 0 Å². The molecule has 1 aromatic carbocycles. The normalized spacial score (nSPS) is 13.1. The summed E-state index contributed by atoms with van der Waals surface area (Å²) in [6.45, 7) is 6.06. The zero-order chi connectivity index (χ0) is 11.1. The third-order valence-corrected chi connectivity index (χ3v) is 2.41. The number of rotatable bonds is 6. The van der Waals surface area contributed by atoms with E-state index in [1.54, 1.807) is 7.11 Å². The molecule has 0 aromatic heterocycles. The van der Waals surface area contributed by atoms with Crippen LogP contribution in [-0.2, 0) is 4.74 Å². The van der Waals surface area contributed by atoms with Crippen molar-refractivity contribution >= 4 is 0 Å². The van der Waals surface area contributed by atoms with Crippen molar-refractivity contribution < 1.29 is 4.74 Å². The summed E-state index contributed by atoms with van der Waals surface area (Å²) in [7, 11) is 1.76. The van der Waals surface area contributed by atoms with Gasteiger partial charge in [0, 0.05) is 25.6 Å². The number of ether oxygens (including phenoxy) is 1. The predicted octanol–water partition coefficient (Wildman–Crippen LogP) is 2.41. The Labute approximate surface area is 92.6 Å². The maximum Gasteiger partial charge on any atom is 0.0543 e. The lowest BCUT2D eigenvalue weighted by molar-refractivity contribution is 0.177. The fourth-order valence-electron chi connectivity index (χ4n) is 1.58. The summed E-state index contributed by atoms with van der Waals surface area (Å²) in [5, 5.41) is 3.45. The molecule has 84 valence electrons. The molecule has 0 aliphatic carbocycles. The zero-order valence-electron chi connectivity index (χ0n) is 9.86. The first-order valence-electron chi connectivity index (χ1n) is 5.51. The summed E-state index contributed by atoms with van der Waals surface area (Å²) in [4.78, 5) is 0. The molecule has 0 saturated carbocycles. The third-order valence-electron chi connectivity index (χ3n) is 2.41. The molecule has 0 aliphatic heterocycles. The lowest BCUT2D eigenvalue weighted by atomic mass is 10.00. The molecular weight excluding hydrogens is 186 g/mol. The average molecular weight is 207 g/mol. The summed E-state index contributed by atoms with van der Waals surface area (Å²) in [6, 6.07) is 11.0. The topological polar surface area (TPSA) is 21.3 Å². The molecule has 1 rings (SSSR count). The van der Waals surface area contributed by atoms with Gasteiger partial charge in [0.15, 0.2) is 0 Å². The Morgan fingerprint density at radius 1 is 1.20 bits per heavy atom. The molecule has 2 nitrogen and oxygen atoms in total. The van der Waals surface area contributed by atoms with E-state index in [4.69, 9.17) is 4.74 Å². The van der Waals surface area contributed by atoms with Crippen LogP contribution in [0.1, 0.15) is 25.3 Å². The highest BCUT2D eigenvalue weighted by molar-refractivity contribution is 5.19. The van der Waals surface area contributed by atoms with Crippen molar-refractivity contribution in [2.45, 2.75) is 25.8 Å². The molecule has 2 heteroatoms. The van der Waals surface area contributed by atoms with Gasteiger partial charge in [0.1, 0.15) is 0 Å². The Hall–Kier alpha value is -0.860. The minimum atomic E-state index is 0.443. The lowest BCUT2D eigenvalue weighted by Gasteiger charge is -2.18. The quantitative estimate of drug-likeness (QED) is 0.773. The van der Waals surface area contributed by atoms with E-state index >= 15 is 0 Å². The second kappa shape index (κ2) is 6.59. The van der Waals surface area contributed by atoms with Crippen LogP contribution in [0.2, 0.25) is 0 Å². The molecule has 0 radical (unpaired) electrons. The van der Waals surface area contributed by atoms with Gasteiger partial charge in [-0.1, -0.05) is 44.2 Å². The van der Waals surface area contributed by atoms with Crippen LogP contribution in [0.25, 0.3) is 0 Å². The standard InChI is InChI=1S/C13H21NO/c1-11(2)14-9-13(10-15-3)12-7-5-4-6-8-12/h4-8,11,13-14H,9-10H2,1-3H3. The maximum absolute atomic E-state index is 5.25. The van der Waals surface area contributed by atoms with E-state index in [-0.39, 0.29) is 0 Å². The molecule has 1 unspecified atom stereocenters. The average Bonchev–Trinajstić information content (AvgIpc) is 2.25. The van der Waals surface area contributed by atoms with Crippen molar-refractivity contribution in [3.63, 3.8) is 0 Å². The molecule has 0 spiro atoms. The Balaban J connectivity index is 2.57. The second-order valence-electron chi connectivity index (χ2n) is 4.13. The summed E-state index contributed by atoms with van der Waals surface area (Å²) < 4.78 is 5.25. The number of methoxy groups -OCH3 is 1. The van der Waals surface area contributed by atoms with Gasteiger partial charge in [0.2, 0.25) is 0 Å². The second-order valence-corrected chi connectivity index (χ2v) is 4.13. The fourth-order valence-corrected chi connectivity index (χ4v) is 1.58. The van der Waals surface area contributed by atoms with Crippen molar-refractivity contribution in [2.24, 2.45) is 0 Å². The Kier molecular flexibility index (Phi) is 5.37. The van der Waals surface area contributed by atoms with Crippen LogP contribution in [0.15, 0.2) is 30.3 Å². The Bertz CT molecular complexity index is 258. The summed E-state index contributed by atoms with van der Waals surface area (Å²) in [5.74, 6) is 0.443. The van der Waals surface area contributed by atoms with E-state index in [0.717, 1.165) is 13.2 Å². The molecular formula is C13H21NO. The number of hydrogen-bond donors (Lipinski definition) is 1.